The zero-order valence-corrected chi connectivity index (χ0v) is 7.34. The van der Waals surface area contributed by atoms with E-state index in [0.717, 1.165) is 0 Å². The number of halogens is 1. The molecule has 0 saturated carbocycles. The molecule has 1 fully saturated rings. The number of nitrogens with two attached hydrogens (primary N) is 1. The summed E-state index contributed by atoms with van der Waals surface area (Å²) >= 11 is -0.238. The summed E-state index contributed by atoms with van der Waals surface area (Å²) in [7, 11) is 0.119. The molecular weight excluding hydrogens is 236 g/mol. The zero-order chi connectivity index (χ0) is 5.82. The van der Waals surface area contributed by atoms with Gasteiger partial charge in [-0.15, -0.1) is 0 Å². The topological polar surface area (TPSA) is 50.7 Å². The van der Waals surface area contributed by atoms with Crippen LogP contribution in [0, 0.1) is 0 Å². The molecule has 8 heavy (non-hydrogen) atoms. The second kappa shape index (κ2) is 3.58. The van der Waals surface area contributed by atoms with E-state index >= 15 is 0 Å². The number of hydrogen-bond acceptors (Lipinski definition) is 3. The molecule has 3 nitrogen and oxygen atoms in total. The van der Waals surface area contributed by atoms with E-state index in [2.05, 4.69) is 8.02 Å². The van der Waals surface area contributed by atoms with E-state index in [0.29, 0.717) is 0 Å². The molecule has 1 saturated heterocycles. The van der Waals surface area contributed by atoms with E-state index < -0.39 is 0 Å². The normalized spacial score (nSPS) is 22.1. The molecule has 0 radical (unpaired) electrons. The Bertz CT molecular complexity index is 120. The zero-order valence-electron chi connectivity index (χ0n) is 4.29. The molecule has 1 aliphatic heterocycles. The van der Waals surface area contributed by atoms with Gasteiger partial charge in [-0.1, -0.05) is 0 Å². The Labute approximate surface area is 59.7 Å². The van der Waals surface area contributed by atoms with Crippen LogP contribution < -0.4 is 5.84 Å². The van der Waals surface area contributed by atoms with Crippen molar-refractivity contribution in [1.82, 2.24) is 0 Å². The van der Waals surface area contributed by atoms with Crippen molar-refractivity contribution in [1.29, 1.82) is 0 Å². The number of hydrogen-bond donors (Lipinski definition) is 1. The summed E-state index contributed by atoms with van der Waals surface area (Å²) < 4.78 is 9.66. The highest BCUT2D eigenvalue weighted by atomic mass is 127. The maximum absolute atomic E-state index is 4.92. The van der Waals surface area contributed by atoms with E-state index in [1.54, 1.807) is 0 Å². The molecule has 1 aliphatic rings. The van der Waals surface area contributed by atoms with Crippen LogP contribution in [-0.4, -0.2) is 16.5 Å². The Morgan fingerprint density at radius 2 is 2.38 bits per heavy atom. The van der Waals surface area contributed by atoms with Crippen LogP contribution in [0.4, 0.5) is 0 Å². The summed E-state index contributed by atoms with van der Waals surface area (Å²) in [4.78, 5) is 0. The molecule has 0 aromatic carbocycles. The predicted octanol–water partition coefficient (Wildman–Crippen LogP) is 1.45. The van der Waals surface area contributed by atoms with Gasteiger partial charge in [0, 0.05) is 8.07 Å². The molecule has 0 spiro atoms. The van der Waals surface area contributed by atoms with Crippen LogP contribution in [0.25, 0.3) is 0 Å². The summed E-state index contributed by atoms with van der Waals surface area (Å²) in [6.07, 6.45) is 2.67. The standard InChI is InChI=1S/C3H7IN3P/c5-7-4-3-6-8-1-2-8/h3H,1-2,5H2. The highest BCUT2D eigenvalue weighted by molar-refractivity contribution is 14.2. The van der Waals surface area contributed by atoms with E-state index in [-0.39, 0.29) is 29.1 Å². The van der Waals surface area contributed by atoms with Crippen LogP contribution in [0.15, 0.2) is 8.02 Å². The minimum atomic E-state index is -0.238. The third kappa shape index (κ3) is 2.79. The molecule has 2 N–H and O–H groups in total. The number of nitrogens with zero attached hydrogens (tertiary/aromatic N) is 2. The van der Waals surface area contributed by atoms with Gasteiger partial charge in [0.25, 0.3) is 0 Å². The van der Waals surface area contributed by atoms with Gasteiger partial charge >= 0.3 is 0 Å². The Balaban J connectivity index is 2.13. The summed E-state index contributed by atoms with van der Waals surface area (Å²) in [6.45, 7) is 0. The second-order valence-corrected chi connectivity index (χ2v) is 5.17. The van der Waals surface area contributed by atoms with Gasteiger partial charge in [0.1, 0.15) is 0 Å². The highest BCUT2D eigenvalue weighted by Gasteiger charge is 2.18. The Hall–Kier alpha value is 0.590. The third-order valence-electron chi connectivity index (χ3n) is 0.731. The van der Waals surface area contributed by atoms with E-state index in [1.165, 1.54) is 12.3 Å². The first-order valence-electron chi connectivity index (χ1n) is 2.24. The van der Waals surface area contributed by atoms with Crippen molar-refractivity contribution in [2.24, 2.45) is 13.9 Å². The summed E-state index contributed by atoms with van der Waals surface area (Å²) in [6, 6.07) is 0. The monoisotopic (exact) mass is 243 g/mol. The molecule has 0 bridgehead atoms. The molecule has 1 heterocycles. The molecule has 46 valence electrons. The quantitative estimate of drug-likeness (QED) is 0.258. The van der Waals surface area contributed by atoms with Gasteiger partial charge < -0.3 is 0 Å². The Morgan fingerprint density at radius 1 is 1.62 bits per heavy atom. The van der Waals surface area contributed by atoms with E-state index in [4.69, 9.17) is 5.84 Å². The molecule has 0 aromatic heterocycles. The SMILES string of the molecule is NN=IC=NP1CC1. The van der Waals surface area contributed by atoms with Crippen molar-refractivity contribution in [3.63, 3.8) is 0 Å². The lowest BCUT2D eigenvalue weighted by atomic mass is 11.0. The largest absolute Gasteiger partial charge is 0.262 e. The molecule has 5 heteroatoms. The molecule has 0 unspecified atom stereocenters. The smallest absolute Gasteiger partial charge is 0.0776 e. The molecule has 0 amide bonds. The fraction of sp³-hybridized carbons (Fsp3) is 0.667. The summed E-state index contributed by atoms with van der Waals surface area (Å²) in [5, 5.41) is 0. The van der Waals surface area contributed by atoms with Crippen molar-refractivity contribution >= 4 is 33.3 Å². The van der Waals surface area contributed by atoms with Gasteiger partial charge in [-0.05, 0) is 12.3 Å². The van der Waals surface area contributed by atoms with Crippen molar-refractivity contribution < 1.29 is 0 Å². The fourth-order valence-electron chi connectivity index (χ4n) is 0.267. The van der Waals surface area contributed by atoms with Crippen LogP contribution in [0.5, 0.6) is 0 Å². The van der Waals surface area contributed by atoms with Gasteiger partial charge in [-0.2, -0.15) is 3.25 Å². The van der Waals surface area contributed by atoms with Crippen LogP contribution in [-0.2, 0) is 0 Å². The molecule has 1 rings (SSSR count). The van der Waals surface area contributed by atoms with Crippen LogP contribution in [0.1, 0.15) is 0 Å². The lowest BCUT2D eigenvalue weighted by Gasteiger charge is -1.74. The first-order chi connectivity index (χ1) is 3.93. The van der Waals surface area contributed by atoms with Crippen molar-refractivity contribution in [2.75, 3.05) is 12.3 Å². The minimum Gasteiger partial charge on any atom is -0.262 e. The first kappa shape index (κ1) is 6.71. The molecule has 0 aromatic rings. The van der Waals surface area contributed by atoms with Gasteiger partial charge in [0.2, 0.25) is 0 Å². The van der Waals surface area contributed by atoms with Gasteiger partial charge in [-0.25, -0.2) is 5.84 Å². The maximum Gasteiger partial charge on any atom is 0.0776 e. The van der Waals surface area contributed by atoms with Crippen LogP contribution in [0.3, 0.4) is 0 Å². The van der Waals surface area contributed by atoms with Crippen molar-refractivity contribution in [3.8, 4) is 0 Å². The van der Waals surface area contributed by atoms with Crippen molar-refractivity contribution in [2.45, 2.75) is 0 Å². The average molecular weight is 243 g/mol. The fourth-order valence-corrected chi connectivity index (χ4v) is 2.55. The summed E-state index contributed by atoms with van der Waals surface area (Å²) in [5.74, 6) is 4.92. The molecule has 0 atom stereocenters. The Morgan fingerprint density at radius 3 is 2.88 bits per heavy atom. The highest BCUT2D eigenvalue weighted by Crippen LogP contribution is 2.51. The van der Waals surface area contributed by atoms with Crippen LogP contribution in [0.2, 0.25) is 0 Å². The van der Waals surface area contributed by atoms with Gasteiger partial charge in [0.05, 0.1) is 25.3 Å². The number of rotatable bonds is 2. The van der Waals surface area contributed by atoms with Gasteiger partial charge in [0.15, 0.2) is 0 Å². The van der Waals surface area contributed by atoms with E-state index in [9.17, 15) is 0 Å². The third-order valence-corrected chi connectivity index (χ3v) is 3.31. The predicted molar refractivity (Wildman–Crippen MR) is 45.8 cm³/mol. The maximum atomic E-state index is 4.92. The van der Waals surface area contributed by atoms with Crippen molar-refractivity contribution in [3.05, 3.63) is 0 Å². The lowest BCUT2D eigenvalue weighted by Crippen LogP contribution is -1.67. The minimum absolute atomic E-state index is 0.119. The first-order valence-corrected chi connectivity index (χ1v) is 6.11. The lowest BCUT2D eigenvalue weighted by molar-refractivity contribution is 1.32. The second-order valence-electron chi connectivity index (χ2n) is 1.36. The molecule has 0 aliphatic carbocycles. The van der Waals surface area contributed by atoms with Gasteiger partial charge in [-0.3, -0.25) is 4.76 Å². The van der Waals surface area contributed by atoms with Crippen LogP contribution >= 0.6 is 29.1 Å². The Kier molecular flexibility index (Phi) is 3.00. The molecular formula is C3H7IN3P. The average Bonchev–Trinajstić information content (AvgIpc) is 2.51. The van der Waals surface area contributed by atoms with E-state index in [1.807, 2.05) is 4.22 Å². The summed E-state index contributed by atoms with van der Waals surface area (Å²) in [5.41, 5.74) is 0.